The molecule has 1 aromatic rings. The fourth-order valence-corrected chi connectivity index (χ4v) is 2.20. The number of amides is 2. The van der Waals surface area contributed by atoms with E-state index in [0.717, 1.165) is 6.42 Å². The second-order valence-electron chi connectivity index (χ2n) is 7.14. The second-order valence-corrected chi connectivity index (χ2v) is 7.14. The lowest BCUT2D eigenvalue weighted by Crippen LogP contribution is -2.43. The van der Waals surface area contributed by atoms with Gasteiger partial charge in [0.2, 0.25) is 5.91 Å². The second kappa shape index (κ2) is 14.9. The third kappa shape index (κ3) is 14.6. The smallest absolute Gasteiger partial charge is 0.407 e. The maximum atomic E-state index is 11.9. The van der Waals surface area contributed by atoms with Crippen LogP contribution in [0.3, 0.4) is 0 Å². The minimum atomic E-state index is -0.526. The summed E-state index contributed by atoms with van der Waals surface area (Å²) < 4.78 is 5.16. The minimum absolute atomic E-state index is 0. The molecule has 164 valence electrons. The highest BCUT2D eigenvalue weighted by atomic mass is 127. The summed E-state index contributed by atoms with van der Waals surface area (Å²) in [6.07, 6.45) is 0.319. The molecule has 0 aliphatic rings. The number of nitrogens with one attached hydrogen (secondary N) is 4. The van der Waals surface area contributed by atoms with Gasteiger partial charge in [0.1, 0.15) is 12.1 Å². The van der Waals surface area contributed by atoms with Gasteiger partial charge in [-0.05, 0) is 39.7 Å². The van der Waals surface area contributed by atoms with Gasteiger partial charge in [-0.1, -0.05) is 30.3 Å². The van der Waals surface area contributed by atoms with E-state index in [-0.39, 0.29) is 36.4 Å². The molecule has 0 aromatic heterocycles. The number of guanidine groups is 1. The molecule has 4 N–H and O–H groups in total. The molecular weight excluding hydrogens is 485 g/mol. The summed E-state index contributed by atoms with van der Waals surface area (Å²) in [4.78, 5) is 27.8. The van der Waals surface area contributed by atoms with E-state index in [1.54, 1.807) is 0 Å². The van der Waals surface area contributed by atoms with E-state index in [1.165, 1.54) is 5.56 Å². The van der Waals surface area contributed by atoms with Crippen molar-refractivity contribution in [1.29, 1.82) is 0 Å². The zero-order valence-corrected chi connectivity index (χ0v) is 20.0. The Balaban J connectivity index is 0.00000784. The number of carbonyl (C=O) groups excluding carboxylic acids is 2. The Labute approximate surface area is 190 Å². The van der Waals surface area contributed by atoms with E-state index in [2.05, 4.69) is 26.3 Å². The van der Waals surface area contributed by atoms with Crippen molar-refractivity contribution in [1.82, 2.24) is 21.3 Å². The fourth-order valence-electron chi connectivity index (χ4n) is 2.20. The van der Waals surface area contributed by atoms with Gasteiger partial charge < -0.3 is 26.0 Å². The van der Waals surface area contributed by atoms with Gasteiger partial charge in [0.05, 0.1) is 0 Å². The quantitative estimate of drug-likeness (QED) is 0.173. The number of aliphatic imine (C=N–C) groups is 1. The lowest BCUT2D eigenvalue weighted by molar-refractivity contribution is -0.119. The molecule has 1 aromatic carbocycles. The molecular formula is C20H34IN5O3. The van der Waals surface area contributed by atoms with Gasteiger partial charge in [0.25, 0.3) is 0 Å². The average molecular weight is 519 g/mol. The first-order chi connectivity index (χ1) is 13.3. The Morgan fingerprint density at radius 3 is 2.24 bits per heavy atom. The van der Waals surface area contributed by atoms with Crippen LogP contribution in [-0.4, -0.2) is 56.3 Å². The first-order valence-electron chi connectivity index (χ1n) is 9.60. The number of hydrogen-bond donors (Lipinski definition) is 4. The lowest BCUT2D eigenvalue weighted by Gasteiger charge is -2.19. The number of hydrogen-bond acceptors (Lipinski definition) is 4. The zero-order valence-electron chi connectivity index (χ0n) is 17.7. The van der Waals surface area contributed by atoms with Crippen molar-refractivity contribution in [2.45, 2.75) is 39.7 Å². The zero-order chi connectivity index (χ0) is 20.8. The number of ether oxygens (including phenoxy) is 1. The SMILES string of the molecule is CCNC(=NCC(=O)NCCc1ccccc1)NCCNC(=O)OC(C)(C)C.I. The van der Waals surface area contributed by atoms with Gasteiger partial charge in [-0.3, -0.25) is 4.79 Å². The Morgan fingerprint density at radius 1 is 0.966 bits per heavy atom. The predicted octanol–water partition coefficient (Wildman–Crippen LogP) is 2.04. The fraction of sp³-hybridized carbons (Fsp3) is 0.550. The Kier molecular flexibility index (Phi) is 13.8. The number of nitrogens with zero attached hydrogens (tertiary/aromatic N) is 1. The number of carbonyl (C=O) groups is 2. The largest absolute Gasteiger partial charge is 0.444 e. The van der Waals surface area contributed by atoms with Crippen LogP contribution in [-0.2, 0) is 16.0 Å². The Hall–Kier alpha value is -2.04. The molecule has 0 spiro atoms. The standard InChI is InChI=1S/C20H33N5O3.HI/c1-5-21-18(23-13-14-24-19(27)28-20(2,3)4)25-15-17(26)22-12-11-16-9-7-6-8-10-16;/h6-10H,5,11-15H2,1-4H3,(H,22,26)(H,24,27)(H2,21,23,25);1H. The number of alkyl carbamates (subject to hydrolysis) is 1. The molecule has 0 heterocycles. The molecule has 0 fully saturated rings. The van der Waals surface area contributed by atoms with Crippen molar-refractivity contribution in [3.05, 3.63) is 35.9 Å². The summed E-state index contributed by atoms with van der Waals surface area (Å²) in [6.45, 7) is 9.48. The highest BCUT2D eigenvalue weighted by Gasteiger charge is 2.15. The summed E-state index contributed by atoms with van der Waals surface area (Å²) in [5.74, 6) is 0.381. The van der Waals surface area contributed by atoms with Crippen LogP contribution in [0.1, 0.15) is 33.3 Å². The third-order valence-electron chi connectivity index (χ3n) is 3.39. The molecule has 9 heteroatoms. The first-order valence-corrected chi connectivity index (χ1v) is 9.60. The first kappa shape index (κ1) is 27.0. The van der Waals surface area contributed by atoms with Gasteiger partial charge >= 0.3 is 6.09 Å². The summed E-state index contributed by atoms with van der Waals surface area (Å²) in [5.41, 5.74) is 0.653. The number of halogens is 1. The lowest BCUT2D eigenvalue weighted by atomic mass is 10.1. The number of benzene rings is 1. The van der Waals surface area contributed by atoms with Crippen molar-refractivity contribution in [3.8, 4) is 0 Å². The van der Waals surface area contributed by atoms with Crippen molar-refractivity contribution in [3.63, 3.8) is 0 Å². The van der Waals surface area contributed by atoms with Crippen LogP contribution in [0.4, 0.5) is 4.79 Å². The van der Waals surface area contributed by atoms with E-state index >= 15 is 0 Å². The van der Waals surface area contributed by atoms with E-state index < -0.39 is 11.7 Å². The van der Waals surface area contributed by atoms with Crippen molar-refractivity contribution in [2.24, 2.45) is 4.99 Å². The molecule has 0 aliphatic heterocycles. The van der Waals surface area contributed by atoms with Gasteiger partial charge in [0.15, 0.2) is 5.96 Å². The van der Waals surface area contributed by atoms with Gasteiger partial charge in [-0.25, -0.2) is 9.79 Å². The van der Waals surface area contributed by atoms with Gasteiger partial charge in [-0.15, -0.1) is 24.0 Å². The van der Waals surface area contributed by atoms with Crippen LogP contribution in [0.25, 0.3) is 0 Å². The third-order valence-corrected chi connectivity index (χ3v) is 3.39. The monoisotopic (exact) mass is 519 g/mol. The molecule has 29 heavy (non-hydrogen) atoms. The van der Waals surface area contributed by atoms with Gasteiger partial charge in [-0.2, -0.15) is 0 Å². The Morgan fingerprint density at radius 2 is 1.62 bits per heavy atom. The van der Waals surface area contributed by atoms with Crippen LogP contribution in [0.2, 0.25) is 0 Å². The van der Waals surface area contributed by atoms with Crippen LogP contribution in [0, 0.1) is 0 Å². The van der Waals surface area contributed by atoms with Crippen LogP contribution in [0.5, 0.6) is 0 Å². The molecule has 2 amide bonds. The molecule has 1 rings (SSSR count). The highest BCUT2D eigenvalue weighted by molar-refractivity contribution is 14.0. The molecule has 0 atom stereocenters. The molecule has 0 aliphatic carbocycles. The van der Waals surface area contributed by atoms with E-state index in [9.17, 15) is 9.59 Å². The van der Waals surface area contributed by atoms with Crippen molar-refractivity contribution >= 4 is 41.9 Å². The van der Waals surface area contributed by atoms with E-state index in [4.69, 9.17) is 4.74 Å². The predicted molar refractivity (Wildman–Crippen MR) is 127 cm³/mol. The highest BCUT2D eigenvalue weighted by Crippen LogP contribution is 2.05. The minimum Gasteiger partial charge on any atom is -0.444 e. The summed E-state index contributed by atoms with van der Waals surface area (Å²) in [7, 11) is 0. The van der Waals surface area contributed by atoms with Crippen LogP contribution < -0.4 is 21.3 Å². The molecule has 0 saturated heterocycles. The summed E-state index contributed by atoms with van der Waals surface area (Å²) in [6, 6.07) is 9.99. The summed E-state index contributed by atoms with van der Waals surface area (Å²) >= 11 is 0. The van der Waals surface area contributed by atoms with Crippen LogP contribution >= 0.6 is 24.0 Å². The molecule has 0 radical (unpaired) electrons. The van der Waals surface area contributed by atoms with Crippen molar-refractivity contribution in [2.75, 3.05) is 32.7 Å². The van der Waals surface area contributed by atoms with Crippen molar-refractivity contribution < 1.29 is 14.3 Å². The maximum absolute atomic E-state index is 11.9. The topological polar surface area (TPSA) is 104 Å². The van der Waals surface area contributed by atoms with E-state index in [0.29, 0.717) is 32.1 Å². The Bertz CT molecular complexity index is 633. The molecule has 8 nitrogen and oxygen atoms in total. The van der Waals surface area contributed by atoms with E-state index in [1.807, 2.05) is 58.0 Å². The number of rotatable bonds is 9. The van der Waals surface area contributed by atoms with Crippen LogP contribution in [0.15, 0.2) is 35.3 Å². The molecule has 0 saturated carbocycles. The normalized spacial score (nSPS) is 11.1. The summed E-state index contributed by atoms with van der Waals surface area (Å²) in [5, 5.41) is 11.6. The van der Waals surface area contributed by atoms with Gasteiger partial charge in [0, 0.05) is 26.2 Å². The average Bonchev–Trinajstić information content (AvgIpc) is 2.62. The maximum Gasteiger partial charge on any atom is 0.407 e. The molecule has 0 unspecified atom stereocenters. The molecule has 0 bridgehead atoms.